The molecule has 0 unspecified atom stereocenters. The maximum atomic E-state index is 12.8. The van der Waals surface area contributed by atoms with Crippen molar-refractivity contribution in [2.24, 2.45) is 0 Å². The first-order valence-corrected chi connectivity index (χ1v) is 9.95. The van der Waals surface area contributed by atoms with Crippen molar-refractivity contribution in [1.29, 1.82) is 0 Å². The minimum atomic E-state index is -0.254. The van der Waals surface area contributed by atoms with E-state index in [9.17, 15) is 9.59 Å². The highest BCUT2D eigenvalue weighted by Crippen LogP contribution is 2.10. The average molecular weight is 364 g/mol. The van der Waals surface area contributed by atoms with Crippen LogP contribution in [0.15, 0.2) is 15.9 Å². The highest BCUT2D eigenvalue weighted by molar-refractivity contribution is 5.70. The van der Waals surface area contributed by atoms with Gasteiger partial charge in [-0.3, -0.25) is 13.9 Å². The number of unbranched alkanes of at least 4 members (excludes halogenated alkanes) is 7. The molecular weight excluding hydrogens is 332 g/mol. The summed E-state index contributed by atoms with van der Waals surface area (Å²) in [4.78, 5) is 29.7. The van der Waals surface area contributed by atoms with Crippen molar-refractivity contribution in [3.8, 4) is 0 Å². The molecule has 0 bridgehead atoms. The third-order valence-electron chi connectivity index (χ3n) is 4.93. The summed E-state index contributed by atoms with van der Waals surface area (Å²) in [6.07, 6.45) is 10.1. The molecule has 0 aromatic carbocycles. The van der Waals surface area contributed by atoms with Crippen LogP contribution in [-0.2, 0) is 19.6 Å². The van der Waals surface area contributed by atoms with Crippen molar-refractivity contribution < 1.29 is 5.11 Å². The Morgan fingerprint density at radius 3 is 2.08 bits per heavy atom. The van der Waals surface area contributed by atoms with E-state index in [1.807, 2.05) is 18.4 Å². The molecule has 0 saturated carbocycles. The number of hydrogen-bond acceptors (Lipinski definition) is 4. The lowest BCUT2D eigenvalue weighted by Gasteiger charge is -2.11. The smallest absolute Gasteiger partial charge is 0.332 e. The number of aliphatic hydroxyl groups excluding tert-OH is 1. The van der Waals surface area contributed by atoms with Crippen LogP contribution in [0.4, 0.5) is 0 Å². The van der Waals surface area contributed by atoms with Gasteiger partial charge in [0.05, 0.1) is 6.33 Å². The molecule has 0 radical (unpaired) electrons. The molecule has 1 N–H and O–H groups in total. The van der Waals surface area contributed by atoms with E-state index in [1.54, 1.807) is 10.9 Å². The summed E-state index contributed by atoms with van der Waals surface area (Å²) in [6, 6.07) is 0. The monoisotopic (exact) mass is 364 g/mol. The van der Waals surface area contributed by atoms with Crippen molar-refractivity contribution in [3.63, 3.8) is 0 Å². The Kier molecular flexibility index (Phi) is 8.09. The summed E-state index contributed by atoms with van der Waals surface area (Å²) >= 11 is 0. The van der Waals surface area contributed by atoms with Gasteiger partial charge in [0.2, 0.25) is 0 Å². The molecule has 7 heteroatoms. The maximum Gasteiger partial charge on any atom is 0.332 e. The molecule has 2 aromatic heterocycles. The van der Waals surface area contributed by atoms with Gasteiger partial charge in [0.25, 0.3) is 5.56 Å². The summed E-state index contributed by atoms with van der Waals surface area (Å²) in [7, 11) is 0. The van der Waals surface area contributed by atoms with E-state index in [0.717, 1.165) is 32.1 Å². The molecule has 0 aliphatic rings. The molecule has 0 aliphatic carbocycles. The summed E-state index contributed by atoms with van der Waals surface area (Å²) in [5.41, 5.74) is 0.537. The van der Waals surface area contributed by atoms with Crippen LogP contribution in [0.3, 0.4) is 0 Å². The van der Waals surface area contributed by atoms with Crippen LogP contribution in [0.2, 0.25) is 0 Å². The standard InChI is InChI=1S/C19H32N4O3/c1-3-21-15-20-17-16(21)18(25)23(19(26)22(17)4-2)13-11-9-7-5-6-8-10-12-14-24/h15,24H,3-14H2,1-2H3. The van der Waals surface area contributed by atoms with Gasteiger partial charge < -0.3 is 9.67 Å². The number of nitrogens with zero attached hydrogens (tertiary/aromatic N) is 4. The van der Waals surface area contributed by atoms with Crippen LogP contribution < -0.4 is 11.2 Å². The van der Waals surface area contributed by atoms with Gasteiger partial charge >= 0.3 is 5.69 Å². The zero-order valence-electron chi connectivity index (χ0n) is 16.1. The Bertz CT molecular complexity index is 803. The number of aliphatic hydroxyl groups is 1. The van der Waals surface area contributed by atoms with Crippen LogP contribution in [0, 0.1) is 0 Å². The number of aryl methyl sites for hydroxylation is 2. The summed E-state index contributed by atoms with van der Waals surface area (Å²) in [6.45, 7) is 5.77. The second-order valence-electron chi connectivity index (χ2n) is 6.74. The molecule has 2 aromatic rings. The van der Waals surface area contributed by atoms with E-state index < -0.39 is 0 Å². The number of aromatic nitrogens is 4. The molecule has 2 heterocycles. The first kappa shape index (κ1) is 20.4. The zero-order chi connectivity index (χ0) is 18.9. The minimum absolute atomic E-state index is 0.224. The van der Waals surface area contributed by atoms with Gasteiger partial charge in [-0.05, 0) is 26.7 Å². The number of fused-ring (bicyclic) bond motifs is 1. The fourth-order valence-electron chi connectivity index (χ4n) is 3.40. The molecule has 2 rings (SSSR count). The number of hydrogen-bond donors (Lipinski definition) is 1. The van der Waals surface area contributed by atoms with E-state index in [-0.39, 0.29) is 17.9 Å². The largest absolute Gasteiger partial charge is 0.396 e. The fourth-order valence-corrected chi connectivity index (χ4v) is 3.40. The lowest BCUT2D eigenvalue weighted by Crippen LogP contribution is -2.40. The molecular formula is C19H32N4O3. The molecule has 26 heavy (non-hydrogen) atoms. The van der Waals surface area contributed by atoms with Crippen LogP contribution in [0.25, 0.3) is 11.2 Å². The zero-order valence-corrected chi connectivity index (χ0v) is 16.1. The molecule has 0 amide bonds. The number of rotatable bonds is 12. The highest BCUT2D eigenvalue weighted by atomic mass is 16.3. The van der Waals surface area contributed by atoms with E-state index in [1.165, 1.54) is 23.8 Å². The maximum absolute atomic E-state index is 12.8. The Morgan fingerprint density at radius 2 is 1.50 bits per heavy atom. The lowest BCUT2D eigenvalue weighted by molar-refractivity contribution is 0.282. The van der Waals surface area contributed by atoms with Crippen LogP contribution in [0.1, 0.15) is 65.2 Å². The van der Waals surface area contributed by atoms with Crippen molar-refractivity contribution in [1.82, 2.24) is 18.7 Å². The summed E-state index contributed by atoms with van der Waals surface area (Å²) < 4.78 is 4.77. The Hall–Kier alpha value is -1.89. The van der Waals surface area contributed by atoms with Crippen LogP contribution in [0.5, 0.6) is 0 Å². The lowest BCUT2D eigenvalue weighted by atomic mass is 10.1. The van der Waals surface area contributed by atoms with Gasteiger partial charge in [0.1, 0.15) is 0 Å². The molecule has 7 nitrogen and oxygen atoms in total. The topological polar surface area (TPSA) is 82.1 Å². The normalized spacial score (nSPS) is 11.5. The Balaban J connectivity index is 1.99. The van der Waals surface area contributed by atoms with Crippen molar-refractivity contribution >= 4 is 11.2 Å². The fraction of sp³-hybridized carbons (Fsp3) is 0.737. The second kappa shape index (κ2) is 10.3. The average Bonchev–Trinajstić information content (AvgIpc) is 3.07. The van der Waals surface area contributed by atoms with E-state index >= 15 is 0 Å². The predicted octanol–water partition coefficient (Wildman–Crippen LogP) is 2.51. The molecule has 0 spiro atoms. The van der Waals surface area contributed by atoms with Gasteiger partial charge in [-0.15, -0.1) is 0 Å². The molecule has 146 valence electrons. The molecule has 0 aliphatic heterocycles. The predicted molar refractivity (Wildman–Crippen MR) is 104 cm³/mol. The summed E-state index contributed by atoms with van der Waals surface area (Å²) in [5.74, 6) is 0. The van der Waals surface area contributed by atoms with E-state index in [2.05, 4.69) is 4.98 Å². The molecule has 0 fully saturated rings. The van der Waals surface area contributed by atoms with Gasteiger partial charge in [-0.1, -0.05) is 38.5 Å². The quantitative estimate of drug-likeness (QED) is 0.587. The van der Waals surface area contributed by atoms with Crippen LogP contribution in [-0.4, -0.2) is 30.4 Å². The van der Waals surface area contributed by atoms with Crippen molar-refractivity contribution in [3.05, 3.63) is 27.2 Å². The summed E-state index contributed by atoms with van der Waals surface area (Å²) in [5, 5.41) is 8.75. The Morgan fingerprint density at radius 1 is 0.885 bits per heavy atom. The highest BCUT2D eigenvalue weighted by Gasteiger charge is 2.16. The number of imidazole rings is 1. The van der Waals surface area contributed by atoms with E-state index in [4.69, 9.17) is 5.11 Å². The van der Waals surface area contributed by atoms with Gasteiger partial charge in [0.15, 0.2) is 11.2 Å². The van der Waals surface area contributed by atoms with Gasteiger partial charge in [0, 0.05) is 26.2 Å². The third-order valence-corrected chi connectivity index (χ3v) is 4.93. The van der Waals surface area contributed by atoms with Crippen LogP contribution >= 0.6 is 0 Å². The second-order valence-corrected chi connectivity index (χ2v) is 6.74. The molecule has 0 saturated heterocycles. The first-order valence-electron chi connectivity index (χ1n) is 9.95. The first-order chi connectivity index (χ1) is 12.7. The van der Waals surface area contributed by atoms with E-state index in [0.29, 0.717) is 30.8 Å². The van der Waals surface area contributed by atoms with Crippen molar-refractivity contribution in [2.75, 3.05) is 6.61 Å². The van der Waals surface area contributed by atoms with Gasteiger partial charge in [-0.25, -0.2) is 9.78 Å². The molecule has 0 atom stereocenters. The third kappa shape index (κ3) is 4.63. The van der Waals surface area contributed by atoms with Crippen molar-refractivity contribution in [2.45, 2.75) is 84.8 Å². The SMILES string of the molecule is CCn1cnc2c1c(=O)n(CCCCCCCCCCO)c(=O)n2CC. The van der Waals surface area contributed by atoms with Gasteiger partial charge in [-0.2, -0.15) is 0 Å². The minimum Gasteiger partial charge on any atom is -0.396 e. The Labute approximate surface area is 154 Å².